The molecule has 3 rings (SSSR count). The van der Waals surface area contributed by atoms with E-state index in [2.05, 4.69) is 10.2 Å². The number of carbonyl (C=O) groups excluding carboxylic acids is 1. The van der Waals surface area contributed by atoms with E-state index in [1.165, 1.54) is 6.20 Å². The quantitative estimate of drug-likeness (QED) is 0.803. The van der Waals surface area contributed by atoms with E-state index in [0.717, 1.165) is 32.4 Å². The summed E-state index contributed by atoms with van der Waals surface area (Å²) < 4.78 is 11.3. The molecule has 3 heterocycles. The van der Waals surface area contributed by atoms with Gasteiger partial charge in [0.2, 0.25) is 0 Å². The lowest BCUT2D eigenvalue weighted by Crippen LogP contribution is -2.46. The third-order valence-corrected chi connectivity index (χ3v) is 4.30. The van der Waals surface area contributed by atoms with Gasteiger partial charge in [-0.1, -0.05) is 0 Å². The number of methoxy groups -OCH3 is 1. The van der Waals surface area contributed by atoms with Crippen LogP contribution in [0, 0.1) is 0 Å². The number of likely N-dealkylation sites (tertiary alicyclic amines) is 1. The minimum atomic E-state index is -0.0893. The first-order valence-electron chi connectivity index (χ1n) is 6.95. The molecule has 0 N–H and O–H groups in total. The fourth-order valence-corrected chi connectivity index (χ4v) is 3.02. The zero-order valence-corrected chi connectivity index (χ0v) is 11.6. The Bertz CT molecular complexity index is 472. The summed E-state index contributed by atoms with van der Waals surface area (Å²) in [6.45, 7) is 2.11. The molecular weight excluding hydrogens is 258 g/mol. The molecule has 1 spiro atoms. The van der Waals surface area contributed by atoms with E-state index in [0.29, 0.717) is 12.2 Å². The van der Waals surface area contributed by atoms with Gasteiger partial charge in [0.25, 0.3) is 5.91 Å². The lowest BCUT2D eigenvalue weighted by atomic mass is 9.88. The molecule has 108 valence electrons. The summed E-state index contributed by atoms with van der Waals surface area (Å²) in [5.74, 6) is 0.0241. The lowest BCUT2D eigenvalue weighted by molar-refractivity contribution is -0.0402. The van der Waals surface area contributed by atoms with E-state index in [1.807, 2.05) is 4.90 Å². The zero-order valence-electron chi connectivity index (χ0n) is 11.6. The van der Waals surface area contributed by atoms with Crippen LogP contribution in [0.3, 0.4) is 0 Å². The van der Waals surface area contributed by atoms with Gasteiger partial charge in [-0.05, 0) is 18.9 Å². The molecule has 2 aliphatic rings. The molecule has 0 saturated carbocycles. The van der Waals surface area contributed by atoms with Crippen LogP contribution in [0.5, 0.6) is 0 Å². The standard InChI is InChI=1S/C14H19N3O3/c1-19-12-8-14(20-10-12)3-6-17(7-4-14)13(18)11-2-5-15-16-9-11/h2,5,9,12H,3-4,6-8,10H2,1H3/t12-/m0/s1. The van der Waals surface area contributed by atoms with E-state index in [4.69, 9.17) is 9.47 Å². The highest BCUT2D eigenvalue weighted by Gasteiger charge is 2.43. The summed E-state index contributed by atoms with van der Waals surface area (Å²) >= 11 is 0. The third kappa shape index (κ3) is 2.53. The van der Waals surface area contributed by atoms with Gasteiger partial charge in [0, 0.05) is 26.6 Å². The molecule has 2 aliphatic heterocycles. The molecule has 1 amide bonds. The molecule has 0 radical (unpaired) electrons. The molecule has 0 bridgehead atoms. The van der Waals surface area contributed by atoms with Gasteiger partial charge in [-0.25, -0.2) is 0 Å². The molecule has 6 nitrogen and oxygen atoms in total. The van der Waals surface area contributed by atoms with Crippen molar-refractivity contribution in [1.82, 2.24) is 15.1 Å². The summed E-state index contributed by atoms with van der Waals surface area (Å²) in [4.78, 5) is 14.2. The van der Waals surface area contributed by atoms with Gasteiger partial charge in [-0.3, -0.25) is 4.79 Å². The van der Waals surface area contributed by atoms with Crippen molar-refractivity contribution in [1.29, 1.82) is 0 Å². The summed E-state index contributed by atoms with van der Waals surface area (Å²) in [5, 5.41) is 7.45. The van der Waals surface area contributed by atoms with Gasteiger partial charge in [-0.15, -0.1) is 0 Å². The second-order valence-corrected chi connectivity index (χ2v) is 5.48. The first-order valence-corrected chi connectivity index (χ1v) is 6.95. The van der Waals surface area contributed by atoms with Crippen molar-refractivity contribution < 1.29 is 14.3 Å². The predicted octanol–water partition coefficient (Wildman–Crippen LogP) is 0.887. The van der Waals surface area contributed by atoms with E-state index >= 15 is 0 Å². The predicted molar refractivity (Wildman–Crippen MR) is 71.3 cm³/mol. The van der Waals surface area contributed by atoms with Gasteiger partial charge < -0.3 is 14.4 Å². The molecule has 1 atom stereocenters. The second-order valence-electron chi connectivity index (χ2n) is 5.48. The highest BCUT2D eigenvalue weighted by molar-refractivity contribution is 5.93. The topological polar surface area (TPSA) is 64.6 Å². The van der Waals surface area contributed by atoms with Crippen molar-refractivity contribution in [2.45, 2.75) is 31.0 Å². The Balaban J connectivity index is 1.60. The molecule has 20 heavy (non-hydrogen) atoms. The number of hydrogen-bond acceptors (Lipinski definition) is 5. The number of ether oxygens (including phenoxy) is 2. The highest BCUT2D eigenvalue weighted by Crippen LogP contribution is 2.36. The Labute approximate surface area is 118 Å². The monoisotopic (exact) mass is 277 g/mol. The van der Waals surface area contributed by atoms with Gasteiger partial charge in [-0.2, -0.15) is 10.2 Å². The number of aromatic nitrogens is 2. The Morgan fingerprint density at radius 3 is 2.85 bits per heavy atom. The lowest BCUT2D eigenvalue weighted by Gasteiger charge is -2.38. The van der Waals surface area contributed by atoms with Gasteiger partial charge in [0.1, 0.15) is 0 Å². The number of nitrogens with zero attached hydrogens (tertiary/aromatic N) is 3. The molecule has 0 aromatic carbocycles. The SMILES string of the molecule is CO[C@@H]1COC2(CCN(C(=O)c3ccnnc3)CC2)C1. The van der Waals surface area contributed by atoms with E-state index < -0.39 is 0 Å². The molecule has 0 aliphatic carbocycles. The summed E-state index contributed by atoms with van der Waals surface area (Å²) in [5.41, 5.74) is 0.506. The van der Waals surface area contributed by atoms with E-state index in [9.17, 15) is 4.79 Å². The second kappa shape index (κ2) is 5.46. The van der Waals surface area contributed by atoms with Crippen LogP contribution in [0.2, 0.25) is 0 Å². The van der Waals surface area contributed by atoms with Crippen molar-refractivity contribution >= 4 is 5.91 Å². The summed E-state index contributed by atoms with van der Waals surface area (Å²) in [7, 11) is 1.72. The smallest absolute Gasteiger partial charge is 0.255 e. The Morgan fingerprint density at radius 1 is 1.45 bits per heavy atom. The first kappa shape index (κ1) is 13.5. The molecule has 1 aromatic heterocycles. The molecule has 2 fully saturated rings. The van der Waals surface area contributed by atoms with Gasteiger partial charge in [0.15, 0.2) is 0 Å². The van der Waals surface area contributed by atoms with Gasteiger partial charge in [0.05, 0.1) is 36.3 Å². The molecular formula is C14H19N3O3. The largest absolute Gasteiger partial charge is 0.379 e. The normalized spacial score (nSPS) is 25.1. The Morgan fingerprint density at radius 2 is 2.25 bits per heavy atom. The summed E-state index contributed by atoms with van der Waals surface area (Å²) in [6, 6.07) is 1.70. The van der Waals surface area contributed by atoms with Crippen LogP contribution < -0.4 is 0 Å². The third-order valence-electron chi connectivity index (χ3n) is 4.30. The van der Waals surface area contributed by atoms with Crippen LogP contribution >= 0.6 is 0 Å². The number of rotatable bonds is 2. The van der Waals surface area contributed by atoms with Crippen LogP contribution in [0.15, 0.2) is 18.5 Å². The minimum absolute atomic E-state index is 0.0241. The van der Waals surface area contributed by atoms with Crippen molar-refractivity contribution in [3.63, 3.8) is 0 Å². The maximum absolute atomic E-state index is 12.3. The van der Waals surface area contributed by atoms with Crippen LogP contribution in [-0.4, -0.2) is 59.5 Å². The number of carbonyl (C=O) groups is 1. The van der Waals surface area contributed by atoms with Crippen molar-refractivity contribution in [2.24, 2.45) is 0 Å². The number of amides is 1. The molecule has 1 aromatic rings. The zero-order chi connectivity index (χ0) is 14.0. The average Bonchev–Trinajstić information content (AvgIpc) is 2.91. The maximum atomic E-state index is 12.3. The molecule has 6 heteroatoms. The van der Waals surface area contributed by atoms with Crippen LogP contribution in [-0.2, 0) is 9.47 Å². The Kier molecular flexibility index (Phi) is 3.67. The van der Waals surface area contributed by atoms with Crippen LogP contribution in [0.4, 0.5) is 0 Å². The Hall–Kier alpha value is -1.53. The van der Waals surface area contributed by atoms with Crippen molar-refractivity contribution in [3.8, 4) is 0 Å². The van der Waals surface area contributed by atoms with Crippen LogP contribution in [0.1, 0.15) is 29.6 Å². The van der Waals surface area contributed by atoms with Crippen molar-refractivity contribution in [2.75, 3.05) is 26.8 Å². The molecule has 0 unspecified atom stereocenters. The average molecular weight is 277 g/mol. The maximum Gasteiger partial charge on any atom is 0.255 e. The fourth-order valence-electron chi connectivity index (χ4n) is 3.02. The fraction of sp³-hybridized carbons (Fsp3) is 0.643. The highest BCUT2D eigenvalue weighted by atomic mass is 16.6. The first-order chi connectivity index (χ1) is 9.72. The minimum Gasteiger partial charge on any atom is -0.379 e. The van der Waals surface area contributed by atoms with Crippen LogP contribution in [0.25, 0.3) is 0 Å². The molecule has 2 saturated heterocycles. The number of piperidine rings is 1. The number of hydrogen-bond donors (Lipinski definition) is 0. The summed E-state index contributed by atoms with van der Waals surface area (Å²) in [6.07, 6.45) is 5.93. The van der Waals surface area contributed by atoms with Crippen molar-refractivity contribution in [3.05, 3.63) is 24.0 Å². The van der Waals surface area contributed by atoms with E-state index in [-0.39, 0.29) is 17.6 Å². The van der Waals surface area contributed by atoms with Gasteiger partial charge >= 0.3 is 0 Å². The van der Waals surface area contributed by atoms with E-state index in [1.54, 1.807) is 19.4 Å².